The average Bonchev–Trinajstić information content (AvgIpc) is 3.89. The van der Waals surface area contributed by atoms with Gasteiger partial charge in [0.1, 0.15) is 17.1 Å². The quantitative estimate of drug-likeness (QED) is 0.536. The molecule has 6 heteroatoms. The van der Waals surface area contributed by atoms with E-state index in [4.69, 9.17) is 9.47 Å². The number of benzene rings is 2. The Hall–Kier alpha value is -2.83. The van der Waals surface area contributed by atoms with Crippen LogP contribution >= 0.6 is 0 Å². The third kappa shape index (κ3) is 2.07. The van der Waals surface area contributed by atoms with Crippen molar-refractivity contribution in [2.75, 3.05) is 20.2 Å². The lowest BCUT2D eigenvalue weighted by Gasteiger charge is -2.73. The Kier molecular flexibility index (Phi) is 3.55. The maximum Gasteiger partial charge on any atom is 0.234 e. The van der Waals surface area contributed by atoms with Gasteiger partial charge in [-0.15, -0.1) is 0 Å². The highest BCUT2D eigenvalue weighted by molar-refractivity contribution is 6.00. The minimum Gasteiger partial charge on any atom is -0.493 e. The maximum atomic E-state index is 14.7. The van der Waals surface area contributed by atoms with Gasteiger partial charge in [0.05, 0.1) is 7.11 Å². The Balaban J connectivity index is 1.13. The molecule has 6 bridgehead atoms. The third-order valence-corrected chi connectivity index (χ3v) is 13.7. The van der Waals surface area contributed by atoms with Crippen LogP contribution in [0, 0.1) is 27.6 Å². The normalized spacial score (nSPS) is 45.2. The Labute approximate surface area is 240 Å². The lowest BCUT2D eigenvalue weighted by atomic mass is 9.39. The number of nitrogens with one attached hydrogen (secondary N) is 1. The zero-order valence-electron chi connectivity index (χ0n) is 23.5. The van der Waals surface area contributed by atoms with Crippen LogP contribution in [-0.2, 0) is 23.2 Å². The van der Waals surface area contributed by atoms with Crippen molar-refractivity contribution in [1.82, 2.24) is 10.2 Å². The molecular formula is C35H36N2O4. The summed E-state index contributed by atoms with van der Waals surface area (Å²) >= 11 is 0. The second kappa shape index (κ2) is 6.40. The van der Waals surface area contributed by atoms with Gasteiger partial charge in [0, 0.05) is 52.9 Å². The van der Waals surface area contributed by atoms with E-state index >= 15 is 0 Å². The smallest absolute Gasteiger partial charge is 0.234 e. The van der Waals surface area contributed by atoms with Crippen molar-refractivity contribution < 1.29 is 19.4 Å². The summed E-state index contributed by atoms with van der Waals surface area (Å²) in [7, 11) is 1.71. The Bertz CT molecular complexity index is 1640. The lowest BCUT2D eigenvalue weighted by molar-refractivity contribution is -0.205. The number of carbonyl (C=O) groups excluding carboxylic acids is 1. The zero-order chi connectivity index (χ0) is 27.2. The van der Waals surface area contributed by atoms with Gasteiger partial charge in [0.2, 0.25) is 5.91 Å². The van der Waals surface area contributed by atoms with E-state index in [1.807, 2.05) is 18.2 Å². The highest BCUT2D eigenvalue weighted by atomic mass is 16.5. The molecule has 41 heavy (non-hydrogen) atoms. The van der Waals surface area contributed by atoms with Gasteiger partial charge in [-0.25, -0.2) is 0 Å². The van der Waals surface area contributed by atoms with Crippen LogP contribution < -0.4 is 14.8 Å². The molecule has 3 unspecified atom stereocenters. The minimum absolute atomic E-state index is 0.0110. The van der Waals surface area contributed by atoms with Crippen LogP contribution in [0.4, 0.5) is 0 Å². The van der Waals surface area contributed by atoms with Gasteiger partial charge in [-0.1, -0.05) is 42.5 Å². The van der Waals surface area contributed by atoms with E-state index in [9.17, 15) is 9.90 Å². The SMILES string of the molecule is COc1ccc2c3c1O[C@@H]1C34C[C@]3(C2)CN(CC2CC2)C3[C@]2(C=C3C1(O)[C@]3(C(=O)NCc1ccccc1)C21CC1)C4. The van der Waals surface area contributed by atoms with E-state index in [0.29, 0.717) is 12.6 Å². The van der Waals surface area contributed by atoms with Crippen molar-refractivity contribution >= 4 is 5.91 Å². The first-order chi connectivity index (χ1) is 19.9. The summed E-state index contributed by atoms with van der Waals surface area (Å²) in [6, 6.07) is 14.9. The van der Waals surface area contributed by atoms with Crippen LogP contribution in [-0.4, -0.2) is 53.9 Å². The molecule has 5 saturated carbocycles. The summed E-state index contributed by atoms with van der Waals surface area (Å²) in [5.41, 5.74) is 2.10. The molecule has 0 aromatic heterocycles. The number of hydrogen-bond donors (Lipinski definition) is 2. The van der Waals surface area contributed by atoms with E-state index in [1.165, 1.54) is 30.5 Å². The predicted octanol–water partition coefficient (Wildman–Crippen LogP) is 3.89. The molecule has 2 aromatic carbocycles. The number of likely N-dealkylation sites (tertiary alicyclic amines) is 1. The van der Waals surface area contributed by atoms with Gasteiger partial charge >= 0.3 is 0 Å². The molecule has 0 radical (unpaired) electrons. The Morgan fingerprint density at radius 2 is 1.98 bits per heavy atom. The largest absolute Gasteiger partial charge is 0.493 e. The van der Waals surface area contributed by atoms with Crippen LogP contribution in [0.25, 0.3) is 0 Å². The van der Waals surface area contributed by atoms with Crippen molar-refractivity contribution in [2.45, 2.75) is 74.7 Å². The fourth-order valence-electron chi connectivity index (χ4n) is 12.7. The first-order valence-corrected chi connectivity index (χ1v) is 15.8. The van der Waals surface area contributed by atoms with Crippen molar-refractivity contribution in [3.63, 3.8) is 0 Å². The van der Waals surface area contributed by atoms with Gasteiger partial charge in [-0.3, -0.25) is 9.69 Å². The lowest BCUT2D eigenvalue weighted by Crippen LogP contribution is -2.78. The first kappa shape index (κ1) is 22.7. The fraction of sp³-hybridized carbons (Fsp3) is 0.571. The number of aliphatic hydroxyl groups is 1. The molecule has 1 saturated heterocycles. The van der Waals surface area contributed by atoms with Crippen molar-refractivity contribution in [2.24, 2.45) is 27.6 Å². The molecule has 12 rings (SSSR count). The van der Waals surface area contributed by atoms with Crippen LogP contribution in [0.3, 0.4) is 0 Å². The highest BCUT2D eigenvalue weighted by Crippen LogP contribution is 2.96. The number of carbonyl (C=O) groups is 1. The second-order valence-corrected chi connectivity index (χ2v) is 15.3. The van der Waals surface area contributed by atoms with Gasteiger partial charge in [-0.2, -0.15) is 0 Å². The van der Waals surface area contributed by atoms with Crippen LogP contribution in [0.15, 0.2) is 54.1 Å². The standard InChI is InChI=1S/C35H36N2O4/c1-40-23-10-9-22-13-30-17-31-18-32(27(30)37(19-30)16-21-7-8-21)14-24-34(33(32)11-12-33,29(38)36-15-20-5-3-2-4-6-20)35(24,39)28(31)41-26(23)25(22)31/h2-6,9-10,14,21,27-28,39H,7-8,11-13,15-19H2,1H3,(H,36,38)/t27?,28-,30-,31?,32+,34-,35?/m1/s1. The number of ether oxygens (including phenoxy) is 2. The monoisotopic (exact) mass is 548 g/mol. The van der Waals surface area contributed by atoms with Crippen LogP contribution in [0.5, 0.6) is 11.5 Å². The second-order valence-electron chi connectivity index (χ2n) is 15.3. The third-order valence-electron chi connectivity index (χ3n) is 13.7. The van der Waals surface area contributed by atoms with E-state index in [1.54, 1.807) is 7.11 Å². The van der Waals surface area contributed by atoms with Crippen molar-refractivity contribution in [3.8, 4) is 11.5 Å². The number of rotatable bonds is 6. The van der Waals surface area contributed by atoms with Crippen LogP contribution in [0.2, 0.25) is 0 Å². The number of methoxy groups -OCH3 is 1. The molecule has 210 valence electrons. The molecule has 6 nitrogen and oxygen atoms in total. The van der Waals surface area contributed by atoms with Crippen molar-refractivity contribution in [1.29, 1.82) is 0 Å². The molecule has 2 heterocycles. The molecule has 4 spiro atoms. The predicted molar refractivity (Wildman–Crippen MR) is 150 cm³/mol. The molecule has 7 atom stereocenters. The van der Waals surface area contributed by atoms with Gasteiger partial charge in [-0.05, 0) is 73.6 Å². The number of nitrogens with zero attached hydrogens (tertiary/aromatic N) is 1. The molecule has 10 aliphatic rings. The van der Waals surface area contributed by atoms with Gasteiger partial charge in [0.15, 0.2) is 11.5 Å². The Morgan fingerprint density at radius 3 is 2.73 bits per heavy atom. The van der Waals surface area contributed by atoms with Crippen LogP contribution in [0.1, 0.15) is 55.2 Å². The summed E-state index contributed by atoms with van der Waals surface area (Å²) < 4.78 is 12.9. The Morgan fingerprint density at radius 1 is 1.15 bits per heavy atom. The summed E-state index contributed by atoms with van der Waals surface area (Å²) in [6.07, 6.45) is 9.86. The topological polar surface area (TPSA) is 71.0 Å². The first-order valence-electron chi connectivity index (χ1n) is 15.8. The van der Waals surface area contributed by atoms with Gasteiger partial charge < -0.3 is 19.9 Å². The summed E-state index contributed by atoms with van der Waals surface area (Å²) in [5.74, 6) is 2.43. The van der Waals surface area contributed by atoms with Gasteiger partial charge in [0.25, 0.3) is 0 Å². The molecule has 6 fully saturated rings. The minimum atomic E-state index is -1.28. The molecule has 8 aliphatic carbocycles. The van der Waals surface area contributed by atoms with E-state index in [2.05, 4.69) is 40.6 Å². The summed E-state index contributed by atoms with van der Waals surface area (Å²) in [5, 5.41) is 16.4. The average molecular weight is 549 g/mol. The van der Waals surface area contributed by atoms with E-state index < -0.39 is 17.1 Å². The number of hydrogen-bond acceptors (Lipinski definition) is 5. The summed E-state index contributed by atoms with van der Waals surface area (Å²) in [4.78, 5) is 17.5. The summed E-state index contributed by atoms with van der Waals surface area (Å²) in [6.45, 7) is 2.80. The maximum absolute atomic E-state index is 14.7. The highest BCUT2D eigenvalue weighted by Gasteiger charge is 3.01. The molecule has 2 aromatic rings. The van der Waals surface area contributed by atoms with E-state index in [-0.39, 0.29) is 27.6 Å². The number of amides is 1. The molecule has 1 amide bonds. The zero-order valence-corrected chi connectivity index (χ0v) is 23.5. The fourth-order valence-corrected chi connectivity index (χ4v) is 12.7. The van der Waals surface area contributed by atoms with Crippen molar-refractivity contribution in [3.05, 3.63) is 70.8 Å². The molecular weight excluding hydrogens is 512 g/mol. The molecule has 2 aliphatic heterocycles. The molecule has 2 N–H and O–H groups in total. The van der Waals surface area contributed by atoms with E-state index in [0.717, 1.165) is 67.2 Å².